The summed E-state index contributed by atoms with van der Waals surface area (Å²) in [6.45, 7) is 4.22. The second-order valence-electron chi connectivity index (χ2n) is 5.07. The zero-order valence-corrected chi connectivity index (χ0v) is 12.3. The smallest absolute Gasteiger partial charge is 0.226 e. The molecule has 110 valence electrons. The van der Waals surface area contributed by atoms with E-state index in [1.165, 1.54) is 0 Å². The number of carbonyl (C=O) groups is 1. The van der Waals surface area contributed by atoms with E-state index < -0.39 is 0 Å². The van der Waals surface area contributed by atoms with Gasteiger partial charge in [-0.15, -0.1) is 0 Å². The Labute approximate surface area is 120 Å². The average molecular weight is 277 g/mol. The van der Waals surface area contributed by atoms with Crippen LogP contribution in [0.5, 0.6) is 5.75 Å². The van der Waals surface area contributed by atoms with E-state index in [9.17, 15) is 4.79 Å². The van der Waals surface area contributed by atoms with Crippen molar-refractivity contribution in [3.8, 4) is 5.75 Å². The highest BCUT2D eigenvalue weighted by Gasteiger charge is 2.22. The summed E-state index contributed by atoms with van der Waals surface area (Å²) < 4.78 is 10.7. The first-order chi connectivity index (χ1) is 9.72. The van der Waals surface area contributed by atoms with Gasteiger partial charge in [-0.1, -0.05) is 12.1 Å². The van der Waals surface area contributed by atoms with E-state index in [0.29, 0.717) is 19.1 Å². The molecule has 1 aliphatic rings. The van der Waals surface area contributed by atoms with Gasteiger partial charge in [0.2, 0.25) is 5.91 Å². The van der Waals surface area contributed by atoms with Crippen molar-refractivity contribution in [1.29, 1.82) is 0 Å². The predicted molar refractivity (Wildman–Crippen MR) is 77.9 cm³/mol. The molecule has 0 spiro atoms. The molecule has 2 rings (SSSR count). The van der Waals surface area contributed by atoms with Crippen LogP contribution < -0.4 is 4.74 Å². The number of amides is 1. The molecule has 0 saturated carbocycles. The van der Waals surface area contributed by atoms with Crippen LogP contribution in [0.2, 0.25) is 0 Å². The summed E-state index contributed by atoms with van der Waals surface area (Å²) in [5.74, 6) is 1.05. The Hall–Kier alpha value is -1.55. The Bertz CT molecular complexity index is 422. The lowest BCUT2D eigenvalue weighted by molar-refractivity contribution is -0.132. The van der Waals surface area contributed by atoms with Gasteiger partial charge in [-0.05, 0) is 37.5 Å². The number of likely N-dealkylation sites (tertiary alicyclic amines) is 1. The number of piperidine rings is 1. The van der Waals surface area contributed by atoms with E-state index in [-0.39, 0.29) is 5.91 Å². The lowest BCUT2D eigenvalue weighted by Gasteiger charge is -2.31. The van der Waals surface area contributed by atoms with Crippen LogP contribution in [0, 0.1) is 0 Å². The molecule has 1 aromatic rings. The van der Waals surface area contributed by atoms with Gasteiger partial charge in [0.1, 0.15) is 5.75 Å². The summed E-state index contributed by atoms with van der Waals surface area (Å²) in [6.07, 6.45) is 2.64. The molecule has 0 aromatic heterocycles. The standard InChI is InChI=1S/C16H23NO3/c1-3-20-15-6-4-13(5-7-15)12-16(18)17-10-8-14(19-2)9-11-17/h4-7,14H,3,8-12H2,1-2H3. The Morgan fingerprint density at radius 1 is 1.25 bits per heavy atom. The molecule has 0 N–H and O–H groups in total. The SMILES string of the molecule is CCOc1ccc(CC(=O)N2CCC(OC)CC2)cc1. The molecule has 1 aromatic carbocycles. The maximum absolute atomic E-state index is 12.2. The first-order valence-corrected chi connectivity index (χ1v) is 7.25. The fourth-order valence-corrected chi connectivity index (χ4v) is 2.50. The molecule has 0 bridgehead atoms. The third kappa shape index (κ3) is 3.97. The fraction of sp³-hybridized carbons (Fsp3) is 0.562. The van der Waals surface area contributed by atoms with Crippen LogP contribution in [0.15, 0.2) is 24.3 Å². The van der Waals surface area contributed by atoms with Crippen molar-refractivity contribution >= 4 is 5.91 Å². The van der Waals surface area contributed by atoms with Crippen LogP contribution in [0.1, 0.15) is 25.3 Å². The van der Waals surface area contributed by atoms with E-state index in [4.69, 9.17) is 9.47 Å². The number of ether oxygens (including phenoxy) is 2. The van der Waals surface area contributed by atoms with Crippen molar-refractivity contribution in [2.75, 3.05) is 26.8 Å². The second kappa shape index (κ2) is 7.29. The highest BCUT2D eigenvalue weighted by molar-refractivity contribution is 5.78. The fourth-order valence-electron chi connectivity index (χ4n) is 2.50. The maximum Gasteiger partial charge on any atom is 0.226 e. The summed E-state index contributed by atoms with van der Waals surface area (Å²) in [4.78, 5) is 14.2. The highest BCUT2D eigenvalue weighted by Crippen LogP contribution is 2.16. The lowest BCUT2D eigenvalue weighted by atomic mass is 10.1. The van der Waals surface area contributed by atoms with E-state index in [1.807, 2.05) is 36.1 Å². The molecule has 0 aliphatic carbocycles. The monoisotopic (exact) mass is 277 g/mol. The molecule has 0 radical (unpaired) electrons. The zero-order valence-electron chi connectivity index (χ0n) is 12.3. The molecule has 0 atom stereocenters. The zero-order chi connectivity index (χ0) is 14.4. The first-order valence-electron chi connectivity index (χ1n) is 7.25. The van der Waals surface area contributed by atoms with E-state index in [1.54, 1.807) is 7.11 Å². The quantitative estimate of drug-likeness (QED) is 0.828. The minimum atomic E-state index is 0.198. The normalized spacial score (nSPS) is 16.2. The number of benzene rings is 1. The Morgan fingerprint density at radius 3 is 2.45 bits per heavy atom. The first kappa shape index (κ1) is 14.9. The van der Waals surface area contributed by atoms with Gasteiger partial charge in [0.15, 0.2) is 0 Å². The molecule has 1 heterocycles. The second-order valence-corrected chi connectivity index (χ2v) is 5.07. The number of carbonyl (C=O) groups excluding carboxylic acids is 1. The minimum Gasteiger partial charge on any atom is -0.494 e. The largest absolute Gasteiger partial charge is 0.494 e. The van der Waals surface area contributed by atoms with Crippen molar-refractivity contribution in [3.63, 3.8) is 0 Å². The van der Waals surface area contributed by atoms with Gasteiger partial charge in [-0.25, -0.2) is 0 Å². The maximum atomic E-state index is 12.2. The van der Waals surface area contributed by atoms with Crippen molar-refractivity contribution in [2.45, 2.75) is 32.3 Å². The van der Waals surface area contributed by atoms with Crippen LogP contribution in [-0.2, 0) is 16.0 Å². The van der Waals surface area contributed by atoms with Crippen LogP contribution in [0.25, 0.3) is 0 Å². The van der Waals surface area contributed by atoms with Crippen LogP contribution in [0.4, 0.5) is 0 Å². The van der Waals surface area contributed by atoms with E-state index in [2.05, 4.69) is 0 Å². The van der Waals surface area contributed by atoms with Crippen molar-refractivity contribution in [2.24, 2.45) is 0 Å². The topological polar surface area (TPSA) is 38.8 Å². The average Bonchev–Trinajstić information content (AvgIpc) is 2.49. The van der Waals surface area contributed by atoms with Gasteiger partial charge in [0.05, 0.1) is 19.1 Å². The van der Waals surface area contributed by atoms with Gasteiger partial charge < -0.3 is 14.4 Å². The van der Waals surface area contributed by atoms with E-state index in [0.717, 1.165) is 37.2 Å². The molecule has 20 heavy (non-hydrogen) atoms. The molecular formula is C16H23NO3. The van der Waals surface area contributed by atoms with Gasteiger partial charge in [0.25, 0.3) is 0 Å². The number of nitrogens with zero attached hydrogens (tertiary/aromatic N) is 1. The minimum absolute atomic E-state index is 0.198. The number of methoxy groups -OCH3 is 1. The third-order valence-electron chi connectivity index (χ3n) is 3.72. The predicted octanol–water partition coefficient (Wildman–Crippen LogP) is 2.27. The van der Waals surface area contributed by atoms with Crippen LogP contribution in [0.3, 0.4) is 0 Å². The van der Waals surface area contributed by atoms with Gasteiger partial charge in [-0.3, -0.25) is 4.79 Å². The molecule has 4 heteroatoms. The molecular weight excluding hydrogens is 254 g/mol. The summed E-state index contributed by atoms with van der Waals surface area (Å²) in [7, 11) is 1.74. The number of hydrogen-bond acceptors (Lipinski definition) is 3. The Kier molecular flexibility index (Phi) is 5.41. The van der Waals surface area contributed by atoms with Crippen LogP contribution in [-0.4, -0.2) is 43.7 Å². The Morgan fingerprint density at radius 2 is 1.90 bits per heavy atom. The van der Waals surface area contributed by atoms with Gasteiger partial charge >= 0.3 is 0 Å². The van der Waals surface area contributed by atoms with Crippen LogP contribution >= 0.6 is 0 Å². The summed E-state index contributed by atoms with van der Waals surface area (Å²) in [6, 6.07) is 7.77. The molecule has 4 nitrogen and oxygen atoms in total. The molecule has 1 amide bonds. The highest BCUT2D eigenvalue weighted by atomic mass is 16.5. The third-order valence-corrected chi connectivity index (χ3v) is 3.72. The van der Waals surface area contributed by atoms with Crippen molar-refractivity contribution in [3.05, 3.63) is 29.8 Å². The van der Waals surface area contributed by atoms with Gasteiger partial charge in [0, 0.05) is 20.2 Å². The summed E-state index contributed by atoms with van der Waals surface area (Å²) in [5.41, 5.74) is 1.03. The molecule has 1 aliphatic heterocycles. The lowest BCUT2D eigenvalue weighted by Crippen LogP contribution is -2.41. The van der Waals surface area contributed by atoms with Crippen molar-refractivity contribution < 1.29 is 14.3 Å². The number of hydrogen-bond donors (Lipinski definition) is 0. The van der Waals surface area contributed by atoms with Crippen molar-refractivity contribution in [1.82, 2.24) is 4.90 Å². The number of rotatable bonds is 5. The summed E-state index contributed by atoms with van der Waals surface area (Å²) in [5, 5.41) is 0. The van der Waals surface area contributed by atoms with E-state index >= 15 is 0 Å². The molecule has 1 saturated heterocycles. The molecule has 1 fully saturated rings. The molecule has 0 unspecified atom stereocenters. The summed E-state index contributed by atoms with van der Waals surface area (Å²) >= 11 is 0. The Balaban J connectivity index is 1.85. The van der Waals surface area contributed by atoms with Gasteiger partial charge in [-0.2, -0.15) is 0 Å².